The van der Waals surface area contributed by atoms with Gasteiger partial charge in [-0.05, 0) is 68.3 Å². The van der Waals surface area contributed by atoms with Crippen LogP contribution in [0.1, 0.15) is 57.2 Å². The number of hydrogen-bond donors (Lipinski definition) is 0. The van der Waals surface area contributed by atoms with Crippen molar-refractivity contribution in [1.82, 2.24) is 9.80 Å². The summed E-state index contributed by atoms with van der Waals surface area (Å²) in [6.07, 6.45) is 4.40. The molecular weight excluding hydrogens is 308 g/mol. The van der Waals surface area contributed by atoms with Gasteiger partial charge in [0.15, 0.2) is 0 Å². The highest BCUT2D eigenvalue weighted by molar-refractivity contribution is 5.98. The number of aryl methyl sites for hydroxylation is 1. The highest BCUT2D eigenvalue weighted by Gasteiger charge is 2.43. The zero-order chi connectivity index (χ0) is 17.4. The predicted octanol–water partition coefficient (Wildman–Crippen LogP) is 3.08. The fourth-order valence-corrected chi connectivity index (χ4v) is 4.78. The fraction of sp³-hybridized carbons (Fsp3) is 0.632. The molecular formula is C19H25ClN2O. The maximum Gasteiger partial charge on any atom is 0.254 e. The number of benzene rings is 1. The average molecular weight is 336 g/mol. The van der Waals surface area contributed by atoms with Gasteiger partial charge in [-0.3, -0.25) is 4.79 Å². The minimum Gasteiger partial charge on any atom is -0.333 e. The van der Waals surface area contributed by atoms with Crippen LogP contribution in [-0.2, 0) is 6.42 Å². The van der Waals surface area contributed by atoms with E-state index in [-0.39, 0.29) is 30.2 Å². The van der Waals surface area contributed by atoms with Crippen molar-refractivity contribution < 1.29 is 8.91 Å². The standard InChI is InChI=1S/C19H24N2O.ClH/c22-19-16-6-2-4-14-3-1-5-15(18(14)16)11-21(19)17-12-20-9-7-13(17)8-10-20;/h2,4,6,13,15,17H,1,3,5,7-12H2;1H/t15-,17-;/m1./s1/i11D2,17D;. The number of rotatable bonds is 1. The molecule has 0 spiro atoms. The first-order valence-corrected chi connectivity index (χ1v) is 8.62. The monoisotopic (exact) mass is 335 g/mol. The second kappa shape index (κ2) is 5.78. The van der Waals surface area contributed by atoms with E-state index < -0.39 is 12.5 Å². The molecule has 4 heterocycles. The van der Waals surface area contributed by atoms with Gasteiger partial charge in [-0.2, -0.15) is 0 Å². The number of fused-ring (bicyclic) bond motifs is 3. The first-order valence-electron chi connectivity index (χ1n) is 10.1. The Morgan fingerprint density at radius 1 is 1.22 bits per heavy atom. The lowest BCUT2D eigenvalue weighted by Gasteiger charge is -2.51. The van der Waals surface area contributed by atoms with Crippen LogP contribution in [0.4, 0.5) is 0 Å². The second-order valence-corrected chi connectivity index (χ2v) is 7.13. The summed E-state index contributed by atoms with van der Waals surface area (Å²) in [6, 6.07) is 4.64. The summed E-state index contributed by atoms with van der Waals surface area (Å²) in [6.45, 7) is 0.632. The van der Waals surface area contributed by atoms with E-state index in [1.54, 1.807) is 0 Å². The summed E-state index contributed by atoms with van der Waals surface area (Å²) in [5.41, 5.74) is 2.68. The molecule has 3 saturated heterocycles. The van der Waals surface area contributed by atoms with Gasteiger partial charge in [-0.25, -0.2) is 0 Å². The molecule has 2 bridgehead atoms. The van der Waals surface area contributed by atoms with Gasteiger partial charge in [-0.15, -0.1) is 12.4 Å². The van der Waals surface area contributed by atoms with Crippen molar-refractivity contribution >= 4 is 18.3 Å². The zero-order valence-corrected chi connectivity index (χ0v) is 14.1. The Kier molecular flexibility index (Phi) is 3.10. The van der Waals surface area contributed by atoms with Crippen molar-refractivity contribution in [2.45, 2.75) is 44.0 Å². The summed E-state index contributed by atoms with van der Waals surface area (Å²) in [5, 5.41) is 0. The van der Waals surface area contributed by atoms with E-state index in [2.05, 4.69) is 4.90 Å². The quantitative estimate of drug-likeness (QED) is 0.787. The molecule has 0 radical (unpaired) electrons. The van der Waals surface area contributed by atoms with Crippen molar-refractivity contribution in [1.29, 1.82) is 0 Å². The molecule has 2 atom stereocenters. The van der Waals surface area contributed by atoms with E-state index in [1.165, 1.54) is 4.90 Å². The van der Waals surface area contributed by atoms with Gasteiger partial charge in [0, 0.05) is 30.5 Å². The van der Waals surface area contributed by atoms with Crippen LogP contribution >= 0.6 is 12.4 Å². The van der Waals surface area contributed by atoms with Gasteiger partial charge >= 0.3 is 0 Å². The molecule has 4 aliphatic heterocycles. The molecule has 3 nitrogen and oxygen atoms in total. The van der Waals surface area contributed by atoms with Crippen LogP contribution in [0.25, 0.3) is 0 Å². The minimum absolute atomic E-state index is 0. The van der Waals surface area contributed by atoms with Gasteiger partial charge in [0.05, 0.1) is 4.11 Å². The van der Waals surface area contributed by atoms with Crippen LogP contribution in [0.2, 0.25) is 0 Å². The molecule has 4 heteroatoms. The molecule has 124 valence electrons. The van der Waals surface area contributed by atoms with Gasteiger partial charge in [0.25, 0.3) is 5.91 Å². The highest BCUT2D eigenvalue weighted by atomic mass is 35.5. The summed E-state index contributed by atoms with van der Waals surface area (Å²) >= 11 is 0. The third kappa shape index (κ3) is 2.32. The molecule has 1 aliphatic carbocycles. The number of carbonyl (C=O) groups is 1. The van der Waals surface area contributed by atoms with Crippen molar-refractivity contribution in [2.75, 3.05) is 26.1 Å². The Hall–Kier alpha value is -1.06. The van der Waals surface area contributed by atoms with Crippen LogP contribution in [-0.4, -0.2) is 47.9 Å². The lowest BCUT2D eigenvalue weighted by atomic mass is 9.75. The number of amides is 1. The molecule has 3 fully saturated rings. The van der Waals surface area contributed by atoms with E-state index in [0.717, 1.165) is 56.3 Å². The smallest absolute Gasteiger partial charge is 0.254 e. The first kappa shape index (κ1) is 12.3. The Morgan fingerprint density at radius 3 is 2.78 bits per heavy atom. The fourth-order valence-electron chi connectivity index (χ4n) is 4.78. The second-order valence-electron chi connectivity index (χ2n) is 7.13. The van der Waals surface area contributed by atoms with Crippen molar-refractivity contribution in [3.8, 4) is 0 Å². The molecule has 23 heavy (non-hydrogen) atoms. The number of piperidine rings is 3. The maximum absolute atomic E-state index is 13.4. The summed E-state index contributed by atoms with van der Waals surface area (Å²) in [5.74, 6) is -0.503. The number of nitrogens with zero attached hydrogens (tertiary/aromatic N) is 2. The molecule has 0 N–H and O–H groups in total. The van der Waals surface area contributed by atoms with Crippen molar-refractivity contribution in [2.24, 2.45) is 5.92 Å². The SMILES string of the molecule is Cl.[2H]C1([2H])[C@H]2CCCc3cccc(c32)C(=O)N1[C@]1([2H])CN2CCC1CC2. The number of carbonyl (C=O) groups excluding carboxylic acids is 1. The first-order chi connectivity index (χ1) is 11.9. The topological polar surface area (TPSA) is 23.6 Å². The molecule has 0 aromatic heterocycles. The van der Waals surface area contributed by atoms with E-state index in [4.69, 9.17) is 2.74 Å². The zero-order valence-electron chi connectivity index (χ0n) is 16.3. The Bertz CT molecular complexity index is 750. The van der Waals surface area contributed by atoms with E-state index in [0.29, 0.717) is 12.1 Å². The van der Waals surface area contributed by atoms with Crippen LogP contribution in [0, 0.1) is 5.92 Å². The molecule has 1 aromatic carbocycles. The third-order valence-corrected chi connectivity index (χ3v) is 5.93. The molecule has 0 unspecified atom stereocenters. The average Bonchev–Trinajstić information content (AvgIpc) is 2.60. The van der Waals surface area contributed by atoms with Gasteiger partial charge in [0.1, 0.15) is 0 Å². The van der Waals surface area contributed by atoms with Crippen molar-refractivity contribution in [3.05, 3.63) is 34.9 Å². The predicted molar refractivity (Wildman–Crippen MR) is 93.4 cm³/mol. The third-order valence-electron chi connectivity index (χ3n) is 5.93. The number of halogens is 1. The van der Waals surface area contributed by atoms with Gasteiger partial charge in [-0.1, -0.05) is 12.1 Å². The van der Waals surface area contributed by atoms with E-state index >= 15 is 0 Å². The lowest BCUT2D eigenvalue weighted by Crippen LogP contribution is -2.60. The van der Waals surface area contributed by atoms with Crippen LogP contribution in [0.15, 0.2) is 18.2 Å². The van der Waals surface area contributed by atoms with Gasteiger partial charge in [0.2, 0.25) is 0 Å². The van der Waals surface area contributed by atoms with E-state index in [9.17, 15) is 6.17 Å². The van der Waals surface area contributed by atoms with E-state index in [1.807, 2.05) is 18.2 Å². The normalized spacial score (nSPS) is 42.1. The van der Waals surface area contributed by atoms with Crippen LogP contribution in [0.5, 0.6) is 0 Å². The summed E-state index contributed by atoms with van der Waals surface area (Å²) in [4.78, 5) is 17.0. The molecule has 1 amide bonds. The summed E-state index contributed by atoms with van der Waals surface area (Å²) < 4.78 is 27.0. The summed E-state index contributed by atoms with van der Waals surface area (Å²) in [7, 11) is 0. The molecule has 0 saturated carbocycles. The maximum atomic E-state index is 13.4. The molecule has 5 aliphatic rings. The highest BCUT2D eigenvalue weighted by Crippen LogP contribution is 2.41. The number of hydrogen-bond acceptors (Lipinski definition) is 2. The molecule has 1 aromatic rings. The van der Waals surface area contributed by atoms with Gasteiger partial charge < -0.3 is 9.80 Å². The molecule has 6 rings (SSSR count). The largest absolute Gasteiger partial charge is 0.333 e. The Balaban J connectivity index is 0.00000168. The Morgan fingerprint density at radius 2 is 2.04 bits per heavy atom. The van der Waals surface area contributed by atoms with Crippen LogP contribution < -0.4 is 0 Å². The lowest BCUT2D eigenvalue weighted by molar-refractivity contribution is 0.00258. The van der Waals surface area contributed by atoms with Crippen LogP contribution in [0.3, 0.4) is 0 Å². The Labute approximate surface area is 148 Å². The van der Waals surface area contributed by atoms with Crippen molar-refractivity contribution in [3.63, 3.8) is 0 Å². The minimum atomic E-state index is -1.79.